The van der Waals surface area contributed by atoms with Crippen molar-refractivity contribution in [1.29, 1.82) is 0 Å². The minimum atomic E-state index is -0.241. The Bertz CT molecular complexity index is 648. The number of nitrogens with two attached hydrogens (primary N) is 1. The zero-order chi connectivity index (χ0) is 15.6. The third-order valence-corrected chi connectivity index (χ3v) is 4.32. The van der Waals surface area contributed by atoms with Gasteiger partial charge < -0.3 is 11.1 Å². The van der Waals surface area contributed by atoms with Crippen molar-refractivity contribution in [2.24, 2.45) is 17.1 Å². The molecule has 6 heteroatoms. The summed E-state index contributed by atoms with van der Waals surface area (Å²) in [6, 6.07) is 3.68. The minimum Gasteiger partial charge on any atom is -0.330 e. The van der Waals surface area contributed by atoms with Gasteiger partial charge in [0.1, 0.15) is 5.52 Å². The van der Waals surface area contributed by atoms with Gasteiger partial charge in [0, 0.05) is 6.54 Å². The Kier molecular flexibility index (Phi) is 4.86. The third kappa shape index (κ3) is 3.93. The topological polar surface area (TPSA) is 68.0 Å². The van der Waals surface area contributed by atoms with Gasteiger partial charge in [0.05, 0.1) is 26.8 Å². The van der Waals surface area contributed by atoms with Crippen molar-refractivity contribution in [3.8, 4) is 0 Å². The van der Waals surface area contributed by atoms with Crippen molar-refractivity contribution in [1.82, 2.24) is 4.98 Å². The second-order valence-corrected chi connectivity index (χ2v) is 7.60. The number of nitrogens with one attached hydrogen (secondary N) is 1. The molecule has 1 unspecified atom stereocenters. The fourth-order valence-corrected chi connectivity index (χ4v) is 3.16. The zero-order valence-corrected chi connectivity index (χ0v) is 14.0. The first kappa shape index (κ1) is 16.2. The Balaban J connectivity index is 2.24. The maximum Gasteiger partial charge on any atom is 0.228 e. The molecule has 1 amide bonds. The van der Waals surface area contributed by atoms with Gasteiger partial charge in [-0.1, -0.05) is 32.4 Å². The van der Waals surface area contributed by atoms with Crippen LogP contribution < -0.4 is 11.1 Å². The first-order chi connectivity index (χ1) is 9.81. The lowest BCUT2D eigenvalue weighted by Crippen LogP contribution is -2.32. The van der Waals surface area contributed by atoms with Crippen LogP contribution in [0, 0.1) is 11.3 Å². The first-order valence-corrected chi connectivity index (χ1v) is 8.10. The van der Waals surface area contributed by atoms with Crippen LogP contribution in [0.3, 0.4) is 0 Å². The van der Waals surface area contributed by atoms with Gasteiger partial charge in [-0.05, 0) is 24.0 Å². The third-order valence-electron chi connectivity index (χ3n) is 3.21. The van der Waals surface area contributed by atoms with Crippen molar-refractivity contribution in [2.45, 2.75) is 27.2 Å². The number of hydrogen-bond acceptors (Lipinski definition) is 4. The van der Waals surface area contributed by atoms with E-state index in [0.717, 1.165) is 16.6 Å². The van der Waals surface area contributed by atoms with Gasteiger partial charge in [-0.2, -0.15) is 0 Å². The van der Waals surface area contributed by atoms with Crippen LogP contribution in [0.15, 0.2) is 17.6 Å². The quantitative estimate of drug-likeness (QED) is 0.895. The van der Waals surface area contributed by atoms with Crippen LogP contribution in [0.1, 0.15) is 27.2 Å². The van der Waals surface area contributed by atoms with E-state index in [0.29, 0.717) is 17.3 Å². The molecule has 3 N–H and O–H groups in total. The fourth-order valence-electron chi connectivity index (χ4n) is 2.27. The standard InChI is InChI=1S/C15H20ClN3OS/c1-15(2,3)6-9(7-17)14(20)19-12-10(16)4-5-11-13(12)18-8-21-11/h4-5,8-9H,6-7,17H2,1-3H3,(H,19,20). The molecule has 2 aromatic rings. The Hall–Kier alpha value is -1.17. The van der Waals surface area contributed by atoms with Crippen molar-refractivity contribution >= 4 is 44.7 Å². The first-order valence-electron chi connectivity index (χ1n) is 6.84. The van der Waals surface area contributed by atoms with Gasteiger partial charge in [0.15, 0.2) is 0 Å². The molecule has 1 aromatic heterocycles. The summed E-state index contributed by atoms with van der Waals surface area (Å²) in [7, 11) is 0. The highest BCUT2D eigenvalue weighted by Crippen LogP contribution is 2.33. The zero-order valence-electron chi connectivity index (χ0n) is 12.4. The molecule has 0 radical (unpaired) electrons. The minimum absolute atomic E-state index is 0.0395. The maximum absolute atomic E-state index is 12.5. The molecule has 2 rings (SSSR count). The number of hydrogen-bond donors (Lipinski definition) is 2. The highest BCUT2D eigenvalue weighted by atomic mass is 35.5. The van der Waals surface area contributed by atoms with E-state index in [2.05, 4.69) is 31.1 Å². The highest BCUT2D eigenvalue weighted by molar-refractivity contribution is 7.16. The summed E-state index contributed by atoms with van der Waals surface area (Å²) < 4.78 is 0.995. The molecular formula is C15H20ClN3OS. The van der Waals surface area contributed by atoms with Gasteiger partial charge >= 0.3 is 0 Å². The second-order valence-electron chi connectivity index (χ2n) is 6.31. The molecule has 0 spiro atoms. The van der Waals surface area contributed by atoms with E-state index in [-0.39, 0.29) is 17.2 Å². The number of rotatable bonds is 4. The number of thiazole rings is 1. The van der Waals surface area contributed by atoms with Crippen molar-refractivity contribution < 1.29 is 4.79 Å². The van der Waals surface area contributed by atoms with Crippen molar-refractivity contribution in [2.75, 3.05) is 11.9 Å². The molecule has 0 saturated heterocycles. The lowest BCUT2D eigenvalue weighted by atomic mass is 9.84. The van der Waals surface area contributed by atoms with Crippen molar-refractivity contribution in [3.05, 3.63) is 22.7 Å². The highest BCUT2D eigenvalue weighted by Gasteiger charge is 2.25. The summed E-state index contributed by atoms with van der Waals surface area (Å²) in [4.78, 5) is 16.7. The van der Waals surface area contributed by atoms with Crippen LogP contribution >= 0.6 is 22.9 Å². The van der Waals surface area contributed by atoms with Crippen LogP contribution in [-0.4, -0.2) is 17.4 Å². The fraction of sp³-hybridized carbons (Fsp3) is 0.467. The Morgan fingerprint density at radius 1 is 1.48 bits per heavy atom. The lowest BCUT2D eigenvalue weighted by Gasteiger charge is -2.24. The number of amides is 1. The normalized spacial score (nSPS) is 13.4. The van der Waals surface area contributed by atoms with E-state index in [1.54, 1.807) is 11.6 Å². The number of halogens is 1. The second kappa shape index (κ2) is 6.30. The molecular weight excluding hydrogens is 306 g/mol. The number of fused-ring (bicyclic) bond motifs is 1. The summed E-state index contributed by atoms with van der Waals surface area (Å²) in [6.07, 6.45) is 0.722. The summed E-state index contributed by atoms with van der Waals surface area (Å²) in [5.41, 5.74) is 8.85. The van der Waals surface area contributed by atoms with E-state index >= 15 is 0 Å². The molecule has 0 saturated carbocycles. The average molecular weight is 326 g/mol. The Morgan fingerprint density at radius 2 is 2.19 bits per heavy atom. The average Bonchev–Trinajstić information content (AvgIpc) is 2.86. The van der Waals surface area contributed by atoms with Gasteiger partial charge in [-0.25, -0.2) is 4.98 Å². The Morgan fingerprint density at radius 3 is 2.81 bits per heavy atom. The molecule has 0 fully saturated rings. The number of aromatic nitrogens is 1. The van der Waals surface area contributed by atoms with Crippen molar-refractivity contribution in [3.63, 3.8) is 0 Å². The molecule has 1 heterocycles. The molecule has 1 atom stereocenters. The van der Waals surface area contributed by atoms with Gasteiger partial charge in [-0.3, -0.25) is 4.79 Å². The molecule has 0 aliphatic heterocycles. The lowest BCUT2D eigenvalue weighted by molar-refractivity contribution is -0.120. The summed E-state index contributed by atoms with van der Waals surface area (Å²) in [5.74, 6) is -0.343. The summed E-state index contributed by atoms with van der Waals surface area (Å²) >= 11 is 7.72. The van der Waals surface area contributed by atoms with Gasteiger partial charge in [0.2, 0.25) is 5.91 Å². The van der Waals surface area contributed by atoms with Crippen LogP contribution in [0.2, 0.25) is 5.02 Å². The molecule has 1 aromatic carbocycles. The Labute approximate surface area is 133 Å². The number of nitrogens with zero attached hydrogens (tertiary/aromatic N) is 1. The van der Waals surface area contributed by atoms with E-state index in [1.165, 1.54) is 11.3 Å². The predicted molar refractivity (Wildman–Crippen MR) is 89.9 cm³/mol. The van der Waals surface area contributed by atoms with E-state index in [9.17, 15) is 4.79 Å². The number of benzene rings is 1. The summed E-state index contributed by atoms with van der Waals surface area (Å²) in [6.45, 7) is 6.60. The molecule has 114 valence electrons. The molecule has 0 bridgehead atoms. The molecule has 0 aliphatic rings. The van der Waals surface area contributed by atoms with Gasteiger partial charge in [-0.15, -0.1) is 11.3 Å². The largest absolute Gasteiger partial charge is 0.330 e. The van der Waals surface area contributed by atoms with E-state index < -0.39 is 0 Å². The van der Waals surface area contributed by atoms with E-state index in [4.69, 9.17) is 17.3 Å². The van der Waals surface area contributed by atoms with E-state index in [1.807, 2.05) is 6.07 Å². The number of anilines is 1. The van der Waals surface area contributed by atoms with Crippen LogP contribution in [0.25, 0.3) is 10.2 Å². The molecule has 4 nitrogen and oxygen atoms in total. The number of carbonyl (C=O) groups is 1. The SMILES string of the molecule is CC(C)(C)CC(CN)C(=O)Nc1c(Cl)ccc2scnc12. The smallest absolute Gasteiger partial charge is 0.228 e. The summed E-state index contributed by atoms with van der Waals surface area (Å²) in [5, 5.41) is 3.40. The van der Waals surface area contributed by atoms with Crippen LogP contribution in [-0.2, 0) is 4.79 Å². The maximum atomic E-state index is 12.5. The van der Waals surface area contributed by atoms with Gasteiger partial charge in [0.25, 0.3) is 0 Å². The van der Waals surface area contributed by atoms with Crippen LogP contribution in [0.4, 0.5) is 5.69 Å². The predicted octanol–water partition coefficient (Wildman–Crippen LogP) is 3.90. The molecule has 0 aliphatic carbocycles. The number of carbonyl (C=O) groups excluding carboxylic acids is 1. The van der Waals surface area contributed by atoms with Crippen LogP contribution in [0.5, 0.6) is 0 Å². The monoisotopic (exact) mass is 325 g/mol. The molecule has 21 heavy (non-hydrogen) atoms.